The Bertz CT molecular complexity index is 508. The highest BCUT2D eigenvalue weighted by atomic mass is 16.6. The SMILES string of the molecule is C=CC(=O)OCCCOC(=O)c1ccc([N+](=O)[O-])cc1. The molecule has 0 radical (unpaired) electrons. The van der Waals surface area contributed by atoms with Crippen LogP contribution in [0.15, 0.2) is 36.9 Å². The van der Waals surface area contributed by atoms with Crippen LogP contribution in [0.1, 0.15) is 16.8 Å². The average Bonchev–Trinajstić information content (AvgIpc) is 2.46. The fraction of sp³-hybridized carbons (Fsp3) is 0.231. The third kappa shape index (κ3) is 4.89. The maximum atomic E-state index is 11.6. The molecule has 106 valence electrons. The van der Waals surface area contributed by atoms with E-state index < -0.39 is 16.9 Å². The summed E-state index contributed by atoms with van der Waals surface area (Å²) in [5, 5.41) is 10.4. The van der Waals surface area contributed by atoms with Crippen LogP contribution in [0.5, 0.6) is 0 Å². The molecule has 0 atom stereocenters. The van der Waals surface area contributed by atoms with Crippen LogP contribution >= 0.6 is 0 Å². The number of carbonyl (C=O) groups is 2. The average molecular weight is 279 g/mol. The molecule has 0 aromatic heterocycles. The van der Waals surface area contributed by atoms with Crippen LogP contribution in [-0.4, -0.2) is 30.1 Å². The predicted molar refractivity (Wildman–Crippen MR) is 69.2 cm³/mol. The second-order valence-electron chi connectivity index (χ2n) is 3.67. The molecule has 20 heavy (non-hydrogen) atoms. The van der Waals surface area contributed by atoms with E-state index >= 15 is 0 Å². The summed E-state index contributed by atoms with van der Waals surface area (Å²) < 4.78 is 9.62. The van der Waals surface area contributed by atoms with E-state index in [1.807, 2.05) is 0 Å². The monoisotopic (exact) mass is 279 g/mol. The number of nitrogens with zero attached hydrogens (tertiary/aromatic N) is 1. The van der Waals surface area contributed by atoms with E-state index in [9.17, 15) is 19.7 Å². The summed E-state index contributed by atoms with van der Waals surface area (Å²) in [5.74, 6) is -1.12. The summed E-state index contributed by atoms with van der Waals surface area (Å²) >= 11 is 0. The Morgan fingerprint density at radius 2 is 1.80 bits per heavy atom. The molecule has 0 saturated heterocycles. The summed E-state index contributed by atoms with van der Waals surface area (Å²) in [7, 11) is 0. The van der Waals surface area contributed by atoms with Crippen molar-refractivity contribution >= 4 is 17.6 Å². The molecule has 0 N–H and O–H groups in total. The molecule has 1 aromatic rings. The lowest BCUT2D eigenvalue weighted by Crippen LogP contribution is -2.09. The number of carbonyl (C=O) groups excluding carboxylic acids is 2. The van der Waals surface area contributed by atoms with Crippen molar-refractivity contribution in [1.29, 1.82) is 0 Å². The number of hydrogen-bond acceptors (Lipinski definition) is 6. The maximum Gasteiger partial charge on any atom is 0.338 e. The van der Waals surface area contributed by atoms with Crippen LogP contribution < -0.4 is 0 Å². The predicted octanol–water partition coefficient (Wildman–Crippen LogP) is 1.87. The third-order valence-electron chi connectivity index (χ3n) is 2.25. The molecule has 0 unspecified atom stereocenters. The molecule has 1 aromatic carbocycles. The van der Waals surface area contributed by atoms with Gasteiger partial charge in [0.05, 0.1) is 23.7 Å². The van der Waals surface area contributed by atoms with Gasteiger partial charge in [0.1, 0.15) is 0 Å². The van der Waals surface area contributed by atoms with Gasteiger partial charge in [0.2, 0.25) is 0 Å². The minimum atomic E-state index is -0.588. The number of rotatable bonds is 7. The van der Waals surface area contributed by atoms with Crippen LogP contribution in [0.4, 0.5) is 5.69 Å². The van der Waals surface area contributed by atoms with Crippen LogP contribution in [0.2, 0.25) is 0 Å². The summed E-state index contributed by atoms with van der Waals surface area (Å²) in [6, 6.07) is 5.08. The van der Waals surface area contributed by atoms with Gasteiger partial charge in [-0.15, -0.1) is 0 Å². The van der Waals surface area contributed by atoms with Gasteiger partial charge >= 0.3 is 11.9 Å². The Hall–Kier alpha value is -2.70. The van der Waals surface area contributed by atoms with Crippen molar-refractivity contribution in [3.05, 3.63) is 52.6 Å². The Morgan fingerprint density at radius 1 is 1.20 bits per heavy atom. The standard InChI is InChI=1S/C13H13NO6/c1-2-12(15)19-8-3-9-20-13(16)10-4-6-11(7-5-10)14(17)18/h2,4-7H,1,3,8-9H2. The van der Waals surface area contributed by atoms with Crippen LogP contribution in [0, 0.1) is 10.1 Å². The zero-order valence-corrected chi connectivity index (χ0v) is 10.6. The quantitative estimate of drug-likeness (QED) is 0.248. The molecule has 0 aliphatic rings. The van der Waals surface area contributed by atoms with Crippen molar-refractivity contribution in [3.8, 4) is 0 Å². The van der Waals surface area contributed by atoms with Gasteiger partial charge in [-0.1, -0.05) is 6.58 Å². The molecular formula is C13H13NO6. The highest BCUT2D eigenvalue weighted by Gasteiger charge is 2.10. The molecule has 7 heteroatoms. The van der Waals surface area contributed by atoms with E-state index in [2.05, 4.69) is 6.58 Å². The van der Waals surface area contributed by atoms with E-state index in [-0.39, 0.29) is 24.5 Å². The first-order chi connectivity index (χ1) is 9.54. The normalized spacial score (nSPS) is 9.60. The lowest BCUT2D eigenvalue weighted by Gasteiger charge is -2.05. The molecule has 0 amide bonds. The van der Waals surface area contributed by atoms with E-state index in [4.69, 9.17) is 9.47 Å². The molecule has 0 fully saturated rings. The molecule has 7 nitrogen and oxygen atoms in total. The fourth-order valence-corrected chi connectivity index (χ4v) is 1.26. The smallest absolute Gasteiger partial charge is 0.338 e. The van der Waals surface area contributed by atoms with Crippen molar-refractivity contribution in [1.82, 2.24) is 0 Å². The molecule has 0 aliphatic heterocycles. The molecule has 0 spiro atoms. The van der Waals surface area contributed by atoms with Gasteiger partial charge in [0.25, 0.3) is 5.69 Å². The number of ether oxygens (including phenoxy) is 2. The lowest BCUT2D eigenvalue weighted by atomic mass is 10.2. The number of non-ortho nitro benzene ring substituents is 1. The van der Waals surface area contributed by atoms with Gasteiger partial charge in [-0.25, -0.2) is 9.59 Å². The van der Waals surface area contributed by atoms with Gasteiger partial charge < -0.3 is 9.47 Å². The summed E-state index contributed by atoms with van der Waals surface area (Å²) in [5.41, 5.74) is 0.122. The molecule has 1 rings (SSSR count). The van der Waals surface area contributed by atoms with E-state index in [0.717, 1.165) is 6.08 Å². The van der Waals surface area contributed by atoms with E-state index in [1.165, 1.54) is 24.3 Å². The van der Waals surface area contributed by atoms with Crippen molar-refractivity contribution in [2.24, 2.45) is 0 Å². The first kappa shape index (κ1) is 15.4. The summed E-state index contributed by atoms with van der Waals surface area (Å²) in [6.07, 6.45) is 1.40. The van der Waals surface area contributed by atoms with Crippen LogP contribution in [-0.2, 0) is 14.3 Å². The maximum absolute atomic E-state index is 11.6. The van der Waals surface area contributed by atoms with Gasteiger partial charge in [-0.05, 0) is 12.1 Å². The van der Waals surface area contributed by atoms with E-state index in [1.54, 1.807) is 0 Å². The van der Waals surface area contributed by atoms with E-state index in [0.29, 0.717) is 6.42 Å². The van der Waals surface area contributed by atoms with Gasteiger partial charge in [0.15, 0.2) is 0 Å². The first-order valence-electron chi connectivity index (χ1n) is 5.75. The Balaban J connectivity index is 2.34. The lowest BCUT2D eigenvalue weighted by molar-refractivity contribution is -0.384. The second kappa shape index (κ2) is 7.67. The number of nitro groups is 1. The van der Waals surface area contributed by atoms with Gasteiger partial charge in [-0.2, -0.15) is 0 Å². The van der Waals surface area contributed by atoms with Crippen LogP contribution in [0.25, 0.3) is 0 Å². The minimum absolute atomic E-state index is 0.0836. The number of nitro benzene ring substituents is 1. The molecule has 0 aliphatic carbocycles. The van der Waals surface area contributed by atoms with Crippen molar-refractivity contribution < 1.29 is 24.0 Å². The third-order valence-corrected chi connectivity index (χ3v) is 2.25. The summed E-state index contributed by atoms with van der Waals surface area (Å²) in [6.45, 7) is 3.45. The van der Waals surface area contributed by atoms with Crippen LogP contribution in [0.3, 0.4) is 0 Å². The molecule has 0 saturated carbocycles. The number of esters is 2. The number of benzene rings is 1. The fourth-order valence-electron chi connectivity index (χ4n) is 1.26. The Morgan fingerprint density at radius 3 is 2.35 bits per heavy atom. The van der Waals surface area contributed by atoms with Crippen molar-refractivity contribution in [3.63, 3.8) is 0 Å². The Kier molecular flexibility index (Phi) is 5.89. The molecule has 0 bridgehead atoms. The first-order valence-corrected chi connectivity index (χ1v) is 5.75. The van der Waals surface area contributed by atoms with Gasteiger partial charge in [-0.3, -0.25) is 10.1 Å². The van der Waals surface area contributed by atoms with Crippen molar-refractivity contribution in [2.45, 2.75) is 6.42 Å². The Labute approximate surface area is 114 Å². The number of hydrogen-bond donors (Lipinski definition) is 0. The van der Waals surface area contributed by atoms with Gasteiger partial charge in [0, 0.05) is 24.6 Å². The largest absolute Gasteiger partial charge is 0.462 e. The molecule has 0 heterocycles. The topological polar surface area (TPSA) is 95.7 Å². The molecular weight excluding hydrogens is 266 g/mol. The zero-order chi connectivity index (χ0) is 15.0. The van der Waals surface area contributed by atoms with Crippen molar-refractivity contribution in [2.75, 3.05) is 13.2 Å². The summed E-state index contributed by atoms with van der Waals surface area (Å²) in [4.78, 5) is 32.2. The second-order valence-corrected chi connectivity index (χ2v) is 3.67. The highest BCUT2D eigenvalue weighted by Crippen LogP contribution is 2.12. The zero-order valence-electron chi connectivity index (χ0n) is 10.6. The minimum Gasteiger partial charge on any atom is -0.462 e. The highest BCUT2D eigenvalue weighted by molar-refractivity contribution is 5.89.